The number of amides is 1. The van der Waals surface area contributed by atoms with Crippen molar-refractivity contribution in [2.45, 2.75) is 59.7 Å². The third-order valence-corrected chi connectivity index (χ3v) is 5.62. The number of esters is 1. The average molecular weight is 381 g/mol. The zero-order chi connectivity index (χ0) is 18.7. The molecule has 0 aliphatic rings. The van der Waals surface area contributed by atoms with Crippen LogP contribution in [0.2, 0.25) is 0 Å². The topological polar surface area (TPSA) is 59.5 Å². The van der Waals surface area contributed by atoms with Crippen LogP contribution in [0, 0.1) is 6.92 Å². The van der Waals surface area contributed by atoms with E-state index in [0.29, 0.717) is 10.6 Å². The van der Waals surface area contributed by atoms with Crippen LogP contribution in [0.15, 0.2) is 16.8 Å². The quantitative estimate of drug-likeness (QED) is 0.698. The van der Waals surface area contributed by atoms with Gasteiger partial charge in [0.15, 0.2) is 6.10 Å². The van der Waals surface area contributed by atoms with Gasteiger partial charge in [-0.25, -0.2) is 9.78 Å². The summed E-state index contributed by atoms with van der Waals surface area (Å²) in [5.41, 5.74) is 1.62. The van der Waals surface area contributed by atoms with Gasteiger partial charge < -0.3 is 9.64 Å². The van der Waals surface area contributed by atoms with Crippen LogP contribution in [0.1, 0.15) is 50.0 Å². The number of carbonyl (C=O) groups is 2. The molecule has 1 atom stereocenters. The Morgan fingerprint density at radius 1 is 1.16 bits per heavy atom. The Morgan fingerprint density at radius 3 is 2.32 bits per heavy atom. The molecule has 0 fully saturated rings. The zero-order valence-corrected chi connectivity index (χ0v) is 17.0. The van der Waals surface area contributed by atoms with Gasteiger partial charge in [-0.2, -0.15) is 11.3 Å². The predicted molar refractivity (Wildman–Crippen MR) is 102 cm³/mol. The van der Waals surface area contributed by atoms with Crippen molar-refractivity contribution in [2.75, 3.05) is 0 Å². The lowest BCUT2D eigenvalue weighted by atomic mass is 10.2. The van der Waals surface area contributed by atoms with Crippen LogP contribution in [0.3, 0.4) is 0 Å². The summed E-state index contributed by atoms with van der Waals surface area (Å²) in [6.07, 6.45) is -0.830. The van der Waals surface area contributed by atoms with E-state index in [2.05, 4.69) is 4.98 Å². The van der Waals surface area contributed by atoms with E-state index in [9.17, 15) is 9.59 Å². The maximum absolute atomic E-state index is 12.6. The summed E-state index contributed by atoms with van der Waals surface area (Å²) in [7, 11) is 0. The van der Waals surface area contributed by atoms with Gasteiger partial charge in [-0.05, 0) is 53.0 Å². The summed E-state index contributed by atoms with van der Waals surface area (Å²) in [6.45, 7) is 11.2. The monoisotopic (exact) mass is 380 g/mol. The molecule has 2 rings (SSSR count). The Kier molecular flexibility index (Phi) is 6.35. The average Bonchev–Trinajstić information content (AvgIpc) is 3.15. The smallest absolute Gasteiger partial charge is 0.351 e. The third-order valence-electron chi connectivity index (χ3n) is 3.75. The van der Waals surface area contributed by atoms with Crippen molar-refractivity contribution in [3.63, 3.8) is 0 Å². The summed E-state index contributed by atoms with van der Waals surface area (Å²) >= 11 is 2.88. The van der Waals surface area contributed by atoms with E-state index in [4.69, 9.17) is 4.74 Å². The maximum Gasteiger partial charge on any atom is 0.351 e. The van der Waals surface area contributed by atoms with Gasteiger partial charge >= 0.3 is 5.97 Å². The second-order valence-corrected chi connectivity index (χ2v) is 8.21. The van der Waals surface area contributed by atoms with Crippen molar-refractivity contribution in [1.82, 2.24) is 9.88 Å². The molecule has 0 aliphatic heterocycles. The number of hydrogen-bond acceptors (Lipinski definition) is 6. The van der Waals surface area contributed by atoms with Crippen LogP contribution in [0.5, 0.6) is 0 Å². The second kappa shape index (κ2) is 8.10. The number of nitrogens with zero attached hydrogens (tertiary/aromatic N) is 2. The Hall–Kier alpha value is -1.73. The summed E-state index contributed by atoms with van der Waals surface area (Å²) in [6, 6.07) is 2.06. The molecule has 25 heavy (non-hydrogen) atoms. The highest BCUT2D eigenvalue weighted by Crippen LogP contribution is 2.30. The molecule has 0 saturated heterocycles. The fourth-order valence-electron chi connectivity index (χ4n) is 2.68. The Balaban J connectivity index is 2.12. The van der Waals surface area contributed by atoms with Gasteiger partial charge in [0, 0.05) is 23.0 Å². The standard InChI is InChI=1S/C18H24N2O3S2/c1-10(2)20(11(3)4)17(21)13(6)23-18(22)15-12(5)19-16(25-15)14-7-8-24-9-14/h7-11,13H,1-6H3/t13-/m1/s1. The number of thiazole rings is 1. The number of aryl methyl sites for hydroxylation is 1. The summed E-state index contributed by atoms with van der Waals surface area (Å²) in [5, 5.41) is 4.75. The van der Waals surface area contributed by atoms with Gasteiger partial charge in [-0.3, -0.25) is 4.79 Å². The van der Waals surface area contributed by atoms with Crippen molar-refractivity contribution in [3.05, 3.63) is 27.4 Å². The number of thiophene rings is 1. The normalized spacial score (nSPS) is 12.5. The van der Waals surface area contributed by atoms with Crippen molar-refractivity contribution in [1.29, 1.82) is 0 Å². The second-order valence-electron chi connectivity index (χ2n) is 6.43. The van der Waals surface area contributed by atoms with Gasteiger partial charge in [0.1, 0.15) is 9.88 Å². The molecule has 7 heteroatoms. The number of hydrogen-bond donors (Lipinski definition) is 0. The molecule has 1 amide bonds. The third kappa shape index (κ3) is 4.46. The first kappa shape index (κ1) is 19.6. The van der Waals surface area contributed by atoms with Crippen LogP contribution in [-0.4, -0.2) is 39.9 Å². The van der Waals surface area contributed by atoms with Crippen molar-refractivity contribution in [2.24, 2.45) is 0 Å². The molecule has 5 nitrogen and oxygen atoms in total. The number of ether oxygens (including phenoxy) is 1. The highest BCUT2D eigenvalue weighted by molar-refractivity contribution is 7.17. The Labute approximate surface area is 156 Å². The van der Waals surface area contributed by atoms with Crippen LogP contribution in [-0.2, 0) is 9.53 Å². The summed E-state index contributed by atoms with van der Waals surface area (Å²) in [5.74, 6) is -0.677. The van der Waals surface area contributed by atoms with Crippen LogP contribution in [0.25, 0.3) is 10.6 Å². The molecule has 2 heterocycles. The lowest BCUT2D eigenvalue weighted by Gasteiger charge is -2.32. The molecular weight excluding hydrogens is 356 g/mol. The Bertz CT molecular complexity index is 728. The fraction of sp³-hybridized carbons (Fsp3) is 0.500. The molecule has 0 radical (unpaired) electrons. The summed E-state index contributed by atoms with van der Waals surface area (Å²) < 4.78 is 5.43. The predicted octanol–water partition coefficient (Wildman–Crippen LogP) is 4.37. The first-order valence-electron chi connectivity index (χ1n) is 8.25. The molecule has 0 saturated carbocycles. The SMILES string of the molecule is Cc1nc(-c2ccsc2)sc1C(=O)O[C@H](C)C(=O)N(C(C)C)C(C)C. The van der Waals surface area contributed by atoms with Crippen molar-refractivity contribution < 1.29 is 14.3 Å². The van der Waals surface area contributed by atoms with Gasteiger partial charge in [-0.15, -0.1) is 11.3 Å². The molecular formula is C18H24N2O3S2. The Morgan fingerprint density at radius 2 is 1.80 bits per heavy atom. The van der Waals surface area contributed by atoms with E-state index in [1.54, 1.807) is 30.1 Å². The van der Waals surface area contributed by atoms with E-state index in [0.717, 1.165) is 10.6 Å². The highest BCUT2D eigenvalue weighted by Gasteiger charge is 2.29. The lowest BCUT2D eigenvalue weighted by molar-refractivity contribution is -0.143. The molecule has 136 valence electrons. The van der Waals surface area contributed by atoms with E-state index in [-0.39, 0.29) is 18.0 Å². The van der Waals surface area contributed by atoms with Crippen molar-refractivity contribution in [3.8, 4) is 10.6 Å². The number of aromatic nitrogens is 1. The molecule has 0 bridgehead atoms. The minimum Gasteiger partial charge on any atom is -0.448 e. The first-order chi connectivity index (χ1) is 11.7. The van der Waals surface area contributed by atoms with Crippen LogP contribution >= 0.6 is 22.7 Å². The van der Waals surface area contributed by atoms with E-state index < -0.39 is 12.1 Å². The van der Waals surface area contributed by atoms with E-state index in [1.165, 1.54) is 11.3 Å². The first-order valence-corrected chi connectivity index (χ1v) is 10.0. The molecule has 0 unspecified atom stereocenters. The van der Waals surface area contributed by atoms with Gasteiger partial charge in [0.05, 0.1) is 5.69 Å². The number of rotatable bonds is 6. The molecule has 0 aliphatic carbocycles. The number of carbonyl (C=O) groups excluding carboxylic acids is 2. The highest BCUT2D eigenvalue weighted by atomic mass is 32.1. The molecule has 0 N–H and O–H groups in total. The van der Waals surface area contributed by atoms with Crippen LogP contribution in [0.4, 0.5) is 0 Å². The molecule has 2 aromatic heterocycles. The minimum absolute atomic E-state index is 0.0454. The van der Waals surface area contributed by atoms with E-state index >= 15 is 0 Å². The van der Waals surface area contributed by atoms with Gasteiger partial charge in [0.2, 0.25) is 0 Å². The van der Waals surface area contributed by atoms with Crippen molar-refractivity contribution >= 4 is 34.6 Å². The molecule has 2 aromatic rings. The summed E-state index contributed by atoms with van der Waals surface area (Å²) in [4.78, 5) is 31.7. The van der Waals surface area contributed by atoms with Gasteiger partial charge in [0.25, 0.3) is 5.91 Å². The fourth-order valence-corrected chi connectivity index (χ4v) is 4.34. The van der Waals surface area contributed by atoms with E-state index in [1.807, 2.05) is 44.5 Å². The lowest BCUT2D eigenvalue weighted by Crippen LogP contribution is -2.47. The molecule has 0 aromatic carbocycles. The van der Waals surface area contributed by atoms with Gasteiger partial charge in [-0.1, -0.05) is 0 Å². The molecule has 0 spiro atoms. The maximum atomic E-state index is 12.6. The minimum atomic E-state index is -0.830. The largest absolute Gasteiger partial charge is 0.448 e. The zero-order valence-electron chi connectivity index (χ0n) is 15.4. The van der Waals surface area contributed by atoms with Crippen LogP contribution < -0.4 is 0 Å².